The summed E-state index contributed by atoms with van der Waals surface area (Å²) in [6, 6.07) is 7.83. The molecular weight excluding hydrogens is 280 g/mol. The molecule has 0 amide bonds. The van der Waals surface area contributed by atoms with Crippen LogP contribution in [0, 0.1) is 17.2 Å². The van der Waals surface area contributed by atoms with Crippen molar-refractivity contribution in [2.75, 3.05) is 14.2 Å². The third-order valence-corrected chi connectivity index (χ3v) is 3.30. The third-order valence-electron chi connectivity index (χ3n) is 3.30. The zero-order valence-electron chi connectivity index (χ0n) is 13.3. The summed E-state index contributed by atoms with van der Waals surface area (Å²) >= 11 is 0. The molecule has 0 fully saturated rings. The van der Waals surface area contributed by atoms with Crippen molar-refractivity contribution in [3.63, 3.8) is 0 Å². The summed E-state index contributed by atoms with van der Waals surface area (Å²) in [6.45, 7) is 4.94. The molecule has 0 N–H and O–H groups in total. The van der Waals surface area contributed by atoms with Gasteiger partial charge in [-0.1, -0.05) is 25.1 Å². The highest BCUT2D eigenvalue weighted by Gasteiger charge is 2.15. The van der Waals surface area contributed by atoms with E-state index in [0.717, 1.165) is 17.8 Å². The second-order valence-electron chi connectivity index (χ2n) is 5.44. The Morgan fingerprint density at radius 1 is 1.23 bits per heavy atom. The fraction of sp³-hybridized carbons (Fsp3) is 0.438. The van der Waals surface area contributed by atoms with Crippen LogP contribution in [0.5, 0.6) is 11.5 Å². The number of benzene rings is 1. The first kappa shape index (κ1) is 15.8. The monoisotopic (exact) mass is 300 g/mol. The lowest BCUT2D eigenvalue weighted by atomic mass is 10.1. The molecule has 6 nitrogen and oxygen atoms in total. The minimum atomic E-state index is 0.371. The maximum absolute atomic E-state index is 9.22. The number of rotatable bonds is 6. The highest BCUT2D eigenvalue weighted by molar-refractivity contribution is 5.44. The molecule has 0 aliphatic rings. The van der Waals surface area contributed by atoms with E-state index >= 15 is 0 Å². The van der Waals surface area contributed by atoms with Crippen LogP contribution < -0.4 is 9.47 Å². The maximum Gasteiger partial charge on any atom is 0.186 e. The van der Waals surface area contributed by atoms with Gasteiger partial charge in [-0.3, -0.25) is 0 Å². The van der Waals surface area contributed by atoms with E-state index in [9.17, 15) is 5.26 Å². The summed E-state index contributed by atoms with van der Waals surface area (Å²) in [4.78, 5) is 0. The Labute approximate surface area is 130 Å². The van der Waals surface area contributed by atoms with Crippen molar-refractivity contribution in [3.8, 4) is 17.6 Å². The minimum absolute atomic E-state index is 0.371. The van der Waals surface area contributed by atoms with Crippen LogP contribution in [-0.2, 0) is 13.0 Å². The van der Waals surface area contributed by atoms with Gasteiger partial charge in [-0.25, -0.2) is 4.68 Å². The standard InChI is InChI=1S/C16H20N4O2/c1-11(2)10-20-14(13(9-17)18-19-20)7-12-5-6-15(21-3)16(8-12)22-4/h5-6,8,11H,7,10H2,1-4H3. The molecule has 0 atom stereocenters. The van der Waals surface area contributed by atoms with E-state index in [0.29, 0.717) is 29.5 Å². The van der Waals surface area contributed by atoms with Crippen LogP contribution in [0.25, 0.3) is 0 Å². The molecule has 2 rings (SSSR count). The molecule has 0 spiro atoms. The minimum Gasteiger partial charge on any atom is -0.493 e. The topological polar surface area (TPSA) is 73.0 Å². The van der Waals surface area contributed by atoms with Crippen LogP contribution in [0.4, 0.5) is 0 Å². The zero-order valence-corrected chi connectivity index (χ0v) is 13.3. The first-order valence-electron chi connectivity index (χ1n) is 7.12. The number of ether oxygens (including phenoxy) is 2. The predicted octanol–water partition coefficient (Wildman–Crippen LogP) is 2.41. The molecule has 22 heavy (non-hydrogen) atoms. The van der Waals surface area contributed by atoms with E-state index in [-0.39, 0.29) is 0 Å². The average Bonchev–Trinajstić information content (AvgIpc) is 2.88. The van der Waals surface area contributed by atoms with Crippen LogP contribution in [0.1, 0.15) is 30.8 Å². The second kappa shape index (κ2) is 6.94. The van der Waals surface area contributed by atoms with Crippen molar-refractivity contribution in [1.82, 2.24) is 15.0 Å². The first-order valence-corrected chi connectivity index (χ1v) is 7.12. The molecule has 0 aliphatic carbocycles. The van der Waals surface area contributed by atoms with E-state index in [4.69, 9.17) is 9.47 Å². The van der Waals surface area contributed by atoms with Crippen molar-refractivity contribution in [1.29, 1.82) is 5.26 Å². The fourth-order valence-electron chi connectivity index (χ4n) is 2.27. The summed E-state index contributed by atoms with van der Waals surface area (Å²) in [5, 5.41) is 17.3. The number of aromatic nitrogens is 3. The van der Waals surface area contributed by atoms with Crippen molar-refractivity contribution in [2.24, 2.45) is 5.92 Å². The van der Waals surface area contributed by atoms with Gasteiger partial charge in [0.05, 0.1) is 19.9 Å². The van der Waals surface area contributed by atoms with Crippen LogP contribution >= 0.6 is 0 Å². The van der Waals surface area contributed by atoms with Gasteiger partial charge >= 0.3 is 0 Å². The van der Waals surface area contributed by atoms with Crippen molar-refractivity contribution in [3.05, 3.63) is 35.2 Å². The van der Waals surface area contributed by atoms with Crippen LogP contribution in [0.3, 0.4) is 0 Å². The van der Waals surface area contributed by atoms with Gasteiger partial charge in [0.1, 0.15) is 6.07 Å². The summed E-state index contributed by atoms with van der Waals surface area (Å²) < 4.78 is 12.4. The van der Waals surface area contributed by atoms with Gasteiger partial charge < -0.3 is 9.47 Å². The number of methoxy groups -OCH3 is 2. The summed E-state index contributed by atoms with van der Waals surface area (Å²) in [5.74, 6) is 1.78. The molecule has 1 aromatic heterocycles. The van der Waals surface area contributed by atoms with E-state index in [1.807, 2.05) is 18.2 Å². The highest BCUT2D eigenvalue weighted by atomic mass is 16.5. The van der Waals surface area contributed by atoms with Crippen LogP contribution in [0.15, 0.2) is 18.2 Å². The molecule has 2 aromatic rings. The van der Waals surface area contributed by atoms with Crippen LogP contribution in [0.2, 0.25) is 0 Å². The van der Waals surface area contributed by atoms with E-state index in [1.165, 1.54) is 0 Å². The molecule has 1 heterocycles. The summed E-state index contributed by atoms with van der Waals surface area (Å²) in [7, 11) is 3.21. The summed E-state index contributed by atoms with van der Waals surface area (Å²) in [5.41, 5.74) is 2.21. The normalized spacial score (nSPS) is 10.5. The van der Waals surface area contributed by atoms with Gasteiger partial charge in [0.15, 0.2) is 17.2 Å². The van der Waals surface area contributed by atoms with Gasteiger partial charge in [-0.2, -0.15) is 5.26 Å². The molecule has 0 aliphatic heterocycles. The van der Waals surface area contributed by atoms with Gasteiger partial charge in [0.2, 0.25) is 0 Å². The molecule has 0 unspecified atom stereocenters. The second-order valence-corrected chi connectivity index (χ2v) is 5.44. The predicted molar refractivity (Wildman–Crippen MR) is 81.9 cm³/mol. The molecule has 1 aromatic carbocycles. The first-order chi connectivity index (χ1) is 10.6. The molecule has 0 radical (unpaired) electrons. The maximum atomic E-state index is 9.22. The van der Waals surface area contributed by atoms with Crippen LogP contribution in [-0.4, -0.2) is 29.2 Å². The largest absolute Gasteiger partial charge is 0.493 e. The van der Waals surface area contributed by atoms with Gasteiger partial charge in [0, 0.05) is 13.0 Å². The van der Waals surface area contributed by atoms with Gasteiger partial charge in [-0.15, -0.1) is 5.10 Å². The van der Waals surface area contributed by atoms with Gasteiger partial charge in [0.25, 0.3) is 0 Å². The van der Waals surface area contributed by atoms with Crippen molar-refractivity contribution < 1.29 is 9.47 Å². The SMILES string of the molecule is COc1ccc(Cc2c(C#N)nnn2CC(C)C)cc1OC. The number of hydrogen-bond acceptors (Lipinski definition) is 5. The Morgan fingerprint density at radius 3 is 2.55 bits per heavy atom. The molecule has 0 saturated carbocycles. The Balaban J connectivity index is 2.34. The number of nitriles is 1. The molecule has 0 saturated heterocycles. The number of hydrogen-bond donors (Lipinski definition) is 0. The molecular formula is C16H20N4O2. The average molecular weight is 300 g/mol. The van der Waals surface area contributed by atoms with Crippen molar-refractivity contribution in [2.45, 2.75) is 26.8 Å². The van der Waals surface area contributed by atoms with E-state index in [1.54, 1.807) is 18.9 Å². The zero-order chi connectivity index (χ0) is 16.1. The quantitative estimate of drug-likeness (QED) is 0.819. The highest BCUT2D eigenvalue weighted by Crippen LogP contribution is 2.28. The summed E-state index contributed by atoms with van der Waals surface area (Å²) in [6.07, 6.45) is 0.572. The van der Waals surface area contributed by atoms with Crippen molar-refractivity contribution >= 4 is 0 Å². The third kappa shape index (κ3) is 3.37. The Kier molecular flexibility index (Phi) is 4.99. The lowest BCUT2D eigenvalue weighted by molar-refractivity contribution is 0.354. The Morgan fingerprint density at radius 2 is 1.95 bits per heavy atom. The Hall–Kier alpha value is -2.55. The van der Waals surface area contributed by atoms with Gasteiger partial charge in [-0.05, 0) is 23.6 Å². The molecule has 0 bridgehead atoms. The molecule has 116 valence electrons. The smallest absolute Gasteiger partial charge is 0.186 e. The Bertz CT molecular complexity index is 686. The lowest BCUT2D eigenvalue weighted by Gasteiger charge is -2.11. The lowest BCUT2D eigenvalue weighted by Crippen LogP contribution is -2.11. The van der Waals surface area contributed by atoms with E-state index < -0.39 is 0 Å². The van der Waals surface area contributed by atoms with E-state index in [2.05, 4.69) is 30.2 Å². The number of nitrogens with zero attached hydrogens (tertiary/aromatic N) is 4. The molecule has 6 heteroatoms. The fourth-order valence-corrected chi connectivity index (χ4v) is 2.27.